The van der Waals surface area contributed by atoms with Crippen LogP contribution in [0.2, 0.25) is 0 Å². The molecule has 0 N–H and O–H groups in total. The molecule has 0 aromatic heterocycles. The van der Waals surface area contributed by atoms with Gasteiger partial charge in [0.15, 0.2) is 0 Å². The first-order chi connectivity index (χ1) is 10.2. The fourth-order valence-corrected chi connectivity index (χ4v) is 5.88. The monoisotopic (exact) mass is 282 g/mol. The molecule has 0 amide bonds. The molecule has 0 saturated heterocycles. The summed E-state index contributed by atoms with van der Waals surface area (Å²) < 4.78 is 5.74. The van der Waals surface area contributed by atoms with Crippen LogP contribution in [0.5, 0.6) is 5.75 Å². The van der Waals surface area contributed by atoms with Gasteiger partial charge in [-0.15, -0.1) is 0 Å². The molecule has 0 heterocycles. The minimum Gasteiger partial charge on any atom is -0.496 e. The third kappa shape index (κ3) is 2.13. The molecule has 21 heavy (non-hydrogen) atoms. The van der Waals surface area contributed by atoms with E-state index in [1.807, 2.05) is 7.11 Å². The molecule has 1 heteroatoms. The van der Waals surface area contributed by atoms with Crippen LogP contribution in [-0.2, 0) is 5.41 Å². The Bertz CT molecular complexity index is 534. The van der Waals surface area contributed by atoms with Crippen LogP contribution >= 0.6 is 0 Å². The number of ether oxygens (including phenoxy) is 1. The van der Waals surface area contributed by atoms with Gasteiger partial charge in [0, 0.05) is 5.56 Å². The highest BCUT2D eigenvalue weighted by Gasteiger charge is 2.52. The van der Waals surface area contributed by atoms with Crippen molar-refractivity contribution >= 4 is 6.08 Å². The summed E-state index contributed by atoms with van der Waals surface area (Å²) in [7, 11) is 1.83. The van der Waals surface area contributed by atoms with E-state index in [4.69, 9.17) is 4.74 Å². The molecule has 0 spiro atoms. The third-order valence-electron chi connectivity index (χ3n) is 6.19. The lowest BCUT2D eigenvalue weighted by molar-refractivity contribution is -0.00616. The first kappa shape index (κ1) is 13.4. The lowest BCUT2D eigenvalue weighted by Crippen LogP contribution is -2.48. The van der Waals surface area contributed by atoms with Gasteiger partial charge in [-0.1, -0.05) is 18.2 Å². The van der Waals surface area contributed by atoms with Gasteiger partial charge in [-0.2, -0.15) is 0 Å². The van der Waals surface area contributed by atoms with Gasteiger partial charge in [0.05, 0.1) is 7.11 Å². The maximum atomic E-state index is 5.74. The van der Waals surface area contributed by atoms with Gasteiger partial charge >= 0.3 is 0 Å². The molecule has 4 saturated carbocycles. The van der Waals surface area contributed by atoms with Gasteiger partial charge in [0.1, 0.15) is 5.75 Å². The van der Waals surface area contributed by atoms with Gasteiger partial charge in [-0.3, -0.25) is 0 Å². The summed E-state index contributed by atoms with van der Waals surface area (Å²) in [5, 5.41) is 0. The second kappa shape index (κ2) is 4.90. The molecule has 4 fully saturated rings. The summed E-state index contributed by atoms with van der Waals surface area (Å²) in [5.74, 6) is 4.05. The zero-order valence-electron chi connectivity index (χ0n) is 13.3. The minimum atomic E-state index is 0.414. The van der Waals surface area contributed by atoms with Crippen LogP contribution in [0.25, 0.3) is 6.08 Å². The standard InChI is InChI=1S/C20H26O/c1-3-4-14-5-6-19(21-2)18(10-14)20-11-15-7-16(12-20)9-17(8-15)13-20/h3-6,10,15-17H,7-9,11-13H2,1-2H3. The second-order valence-corrected chi connectivity index (χ2v) is 7.66. The Morgan fingerprint density at radius 3 is 2.19 bits per heavy atom. The molecule has 0 radical (unpaired) electrons. The minimum absolute atomic E-state index is 0.414. The maximum Gasteiger partial charge on any atom is 0.122 e. The Labute approximate surface area is 128 Å². The van der Waals surface area contributed by atoms with Crippen LogP contribution in [0.3, 0.4) is 0 Å². The summed E-state index contributed by atoms with van der Waals surface area (Å²) in [6, 6.07) is 6.78. The van der Waals surface area contributed by atoms with Crippen LogP contribution in [0.1, 0.15) is 56.6 Å². The second-order valence-electron chi connectivity index (χ2n) is 7.66. The molecule has 112 valence electrons. The average Bonchev–Trinajstić information content (AvgIpc) is 2.46. The number of allylic oxidation sites excluding steroid dienone is 1. The number of rotatable bonds is 3. The normalized spacial score (nSPS) is 37.3. The van der Waals surface area contributed by atoms with Crippen molar-refractivity contribution in [1.82, 2.24) is 0 Å². The van der Waals surface area contributed by atoms with Crippen LogP contribution < -0.4 is 4.74 Å². The molecule has 5 rings (SSSR count). The van der Waals surface area contributed by atoms with E-state index in [0.29, 0.717) is 5.41 Å². The highest BCUT2D eigenvalue weighted by atomic mass is 16.5. The Kier molecular flexibility index (Phi) is 3.13. The van der Waals surface area contributed by atoms with Gasteiger partial charge in [-0.05, 0) is 86.3 Å². The highest BCUT2D eigenvalue weighted by molar-refractivity contribution is 5.55. The summed E-state index contributed by atoms with van der Waals surface area (Å²) in [6.07, 6.45) is 13.0. The van der Waals surface area contributed by atoms with Crippen LogP contribution in [0.4, 0.5) is 0 Å². The maximum absolute atomic E-state index is 5.74. The molecule has 1 nitrogen and oxygen atoms in total. The van der Waals surface area contributed by atoms with E-state index >= 15 is 0 Å². The van der Waals surface area contributed by atoms with Crippen molar-refractivity contribution in [3.63, 3.8) is 0 Å². The highest BCUT2D eigenvalue weighted by Crippen LogP contribution is 2.61. The van der Waals surface area contributed by atoms with Crippen molar-refractivity contribution < 1.29 is 4.74 Å². The molecule has 4 bridgehead atoms. The molecular formula is C20H26O. The lowest BCUT2D eigenvalue weighted by atomic mass is 9.48. The van der Waals surface area contributed by atoms with Crippen molar-refractivity contribution in [2.24, 2.45) is 17.8 Å². The molecule has 0 atom stereocenters. The van der Waals surface area contributed by atoms with E-state index in [1.165, 1.54) is 49.7 Å². The van der Waals surface area contributed by atoms with E-state index in [2.05, 4.69) is 37.3 Å². The van der Waals surface area contributed by atoms with E-state index < -0.39 is 0 Å². The van der Waals surface area contributed by atoms with Crippen LogP contribution in [0, 0.1) is 17.8 Å². The van der Waals surface area contributed by atoms with Gasteiger partial charge in [0.2, 0.25) is 0 Å². The van der Waals surface area contributed by atoms with Crippen LogP contribution in [-0.4, -0.2) is 7.11 Å². The molecule has 1 aromatic rings. The molecule has 4 aliphatic carbocycles. The topological polar surface area (TPSA) is 9.23 Å². The number of hydrogen-bond acceptors (Lipinski definition) is 1. The summed E-state index contributed by atoms with van der Waals surface area (Å²) >= 11 is 0. The molecular weight excluding hydrogens is 256 g/mol. The average molecular weight is 282 g/mol. The fraction of sp³-hybridized carbons (Fsp3) is 0.600. The number of methoxy groups -OCH3 is 1. The zero-order chi connectivity index (χ0) is 14.4. The first-order valence-corrected chi connectivity index (χ1v) is 8.53. The lowest BCUT2D eigenvalue weighted by Gasteiger charge is -2.57. The Balaban J connectivity index is 1.79. The molecule has 1 aromatic carbocycles. The van der Waals surface area contributed by atoms with E-state index in [-0.39, 0.29) is 0 Å². The van der Waals surface area contributed by atoms with Gasteiger partial charge < -0.3 is 4.74 Å². The molecule has 0 unspecified atom stereocenters. The molecule has 0 aliphatic heterocycles. The SMILES string of the molecule is CC=Cc1ccc(OC)c(C23CC4CC(CC(C4)C2)C3)c1. The fourth-order valence-electron chi connectivity index (χ4n) is 5.88. The van der Waals surface area contributed by atoms with Crippen molar-refractivity contribution in [1.29, 1.82) is 0 Å². The van der Waals surface area contributed by atoms with Crippen molar-refractivity contribution in [2.45, 2.75) is 50.9 Å². The third-order valence-corrected chi connectivity index (χ3v) is 6.19. The summed E-state index contributed by atoms with van der Waals surface area (Å²) in [4.78, 5) is 0. The largest absolute Gasteiger partial charge is 0.496 e. The zero-order valence-corrected chi connectivity index (χ0v) is 13.3. The van der Waals surface area contributed by atoms with E-state index in [0.717, 1.165) is 23.5 Å². The van der Waals surface area contributed by atoms with Gasteiger partial charge in [-0.25, -0.2) is 0 Å². The van der Waals surface area contributed by atoms with Crippen LogP contribution in [0.15, 0.2) is 24.3 Å². The van der Waals surface area contributed by atoms with Gasteiger partial charge in [0.25, 0.3) is 0 Å². The first-order valence-electron chi connectivity index (χ1n) is 8.53. The number of benzene rings is 1. The Morgan fingerprint density at radius 1 is 1.05 bits per heavy atom. The predicted molar refractivity (Wildman–Crippen MR) is 87.6 cm³/mol. The number of hydrogen-bond donors (Lipinski definition) is 0. The van der Waals surface area contributed by atoms with Crippen molar-refractivity contribution in [3.05, 3.63) is 35.4 Å². The summed E-state index contributed by atoms with van der Waals surface area (Å²) in [5.41, 5.74) is 3.24. The van der Waals surface area contributed by atoms with E-state index in [9.17, 15) is 0 Å². The van der Waals surface area contributed by atoms with E-state index in [1.54, 1.807) is 0 Å². The predicted octanol–water partition coefficient (Wildman–Crippen LogP) is 5.20. The Hall–Kier alpha value is -1.24. The Morgan fingerprint density at radius 2 is 1.67 bits per heavy atom. The van der Waals surface area contributed by atoms with Crippen molar-refractivity contribution in [2.75, 3.05) is 7.11 Å². The molecule has 4 aliphatic rings. The smallest absolute Gasteiger partial charge is 0.122 e. The quantitative estimate of drug-likeness (QED) is 0.740. The summed E-state index contributed by atoms with van der Waals surface area (Å²) in [6.45, 7) is 2.09. The van der Waals surface area contributed by atoms with Crippen molar-refractivity contribution in [3.8, 4) is 5.75 Å².